The Morgan fingerprint density at radius 3 is 2.94 bits per heavy atom. The van der Waals surface area contributed by atoms with E-state index >= 15 is 0 Å². The highest BCUT2D eigenvalue weighted by Gasteiger charge is 2.09. The molecule has 4 nitrogen and oxygen atoms in total. The molecule has 0 fully saturated rings. The van der Waals surface area contributed by atoms with Crippen molar-refractivity contribution in [2.75, 3.05) is 7.05 Å². The van der Waals surface area contributed by atoms with Crippen LogP contribution in [-0.2, 0) is 11.3 Å². The van der Waals surface area contributed by atoms with Gasteiger partial charge in [-0.2, -0.15) is 0 Å². The van der Waals surface area contributed by atoms with Gasteiger partial charge in [0.1, 0.15) is 0 Å². The van der Waals surface area contributed by atoms with Gasteiger partial charge in [0.25, 0.3) is 0 Å². The lowest BCUT2D eigenvalue weighted by Gasteiger charge is -2.04. The summed E-state index contributed by atoms with van der Waals surface area (Å²) in [7, 11) is 1.60. The average molecular weight is 265 g/mol. The maximum Gasteiger partial charge on any atom is 0.221 e. The van der Waals surface area contributed by atoms with E-state index < -0.39 is 0 Å². The van der Waals surface area contributed by atoms with Crippen molar-refractivity contribution in [1.82, 2.24) is 9.88 Å². The Hall–Kier alpha value is -1.81. The van der Waals surface area contributed by atoms with Crippen LogP contribution in [-0.4, -0.2) is 23.8 Å². The molecule has 0 aliphatic rings. The third-order valence-electron chi connectivity index (χ3n) is 2.86. The minimum atomic E-state index is -0.0356. The predicted octanol–water partition coefficient (Wildman–Crippen LogP) is 2.24. The van der Waals surface area contributed by atoms with Gasteiger partial charge in [-0.15, -0.1) is 0 Å². The molecule has 18 heavy (non-hydrogen) atoms. The first-order valence-electron chi connectivity index (χ1n) is 5.60. The van der Waals surface area contributed by atoms with Gasteiger partial charge >= 0.3 is 0 Å². The van der Waals surface area contributed by atoms with Crippen molar-refractivity contribution in [3.05, 3.63) is 35.0 Å². The minimum absolute atomic E-state index is 0.0356. The number of hydrogen-bond donors (Lipinski definition) is 1. The molecule has 0 bridgehead atoms. The summed E-state index contributed by atoms with van der Waals surface area (Å²) in [6, 6.07) is 5.37. The highest BCUT2D eigenvalue weighted by atomic mass is 35.5. The van der Waals surface area contributed by atoms with Crippen LogP contribution in [0.5, 0.6) is 0 Å². The van der Waals surface area contributed by atoms with Crippen molar-refractivity contribution in [2.24, 2.45) is 0 Å². The molecule has 0 saturated carbocycles. The lowest BCUT2D eigenvalue weighted by Crippen LogP contribution is -2.19. The van der Waals surface area contributed by atoms with E-state index in [1.54, 1.807) is 25.4 Å². The first-order chi connectivity index (χ1) is 8.65. The number of aryl methyl sites for hydroxylation is 1. The van der Waals surface area contributed by atoms with E-state index in [1.165, 1.54) is 0 Å². The molecule has 0 atom stereocenters. The third-order valence-corrected chi connectivity index (χ3v) is 3.10. The smallest absolute Gasteiger partial charge is 0.221 e. The van der Waals surface area contributed by atoms with Crippen LogP contribution in [0, 0.1) is 0 Å². The molecule has 1 N–H and O–H groups in total. The highest BCUT2D eigenvalue weighted by Crippen LogP contribution is 2.24. The number of nitrogens with zero attached hydrogens (tertiary/aromatic N) is 1. The van der Waals surface area contributed by atoms with Crippen molar-refractivity contribution in [2.45, 2.75) is 13.0 Å². The van der Waals surface area contributed by atoms with Gasteiger partial charge in [0.05, 0.1) is 5.52 Å². The first kappa shape index (κ1) is 12.6. The molecule has 1 aromatic heterocycles. The van der Waals surface area contributed by atoms with Crippen molar-refractivity contribution < 1.29 is 9.59 Å². The van der Waals surface area contributed by atoms with Gasteiger partial charge in [-0.1, -0.05) is 17.7 Å². The molecule has 0 saturated heterocycles. The molecule has 2 aromatic rings. The summed E-state index contributed by atoms with van der Waals surface area (Å²) in [5, 5.41) is 4.03. The second-order valence-electron chi connectivity index (χ2n) is 3.98. The zero-order chi connectivity index (χ0) is 13.1. The highest BCUT2D eigenvalue weighted by molar-refractivity contribution is 6.31. The minimum Gasteiger partial charge on any atom is -0.359 e. The summed E-state index contributed by atoms with van der Waals surface area (Å²) in [5.74, 6) is -0.0356. The van der Waals surface area contributed by atoms with Crippen LogP contribution in [0.3, 0.4) is 0 Å². The van der Waals surface area contributed by atoms with E-state index in [2.05, 4.69) is 5.32 Å². The second kappa shape index (κ2) is 5.23. The number of fused-ring (bicyclic) bond motifs is 1. The van der Waals surface area contributed by atoms with E-state index in [0.29, 0.717) is 23.6 Å². The fourth-order valence-electron chi connectivity index (χ4n) is 1.92. The SMILES string of the molecule is CNC(=O)CCn1cc(C=O)c2ccc(Cl)cc21. The van der Waals surface area contributed by atoms with Crippen LogP contribution in [0.2, 0.25) is 5.02 Å². The summed E-state index contributed by atoms with van der Waals surface area (Å²) in [6.07, 6.45) is 2.93. The maximum atomic E-state index is 11.2. The number of halogens is 1. The number of hydrogen-bond acceptors (Lipinski definition) is 2. The molecular formula is C13H13ClN2O2. The normalized spacial score (nSPS) is 10.6. The summed E-state index contributed by atoms with van der Waals surface area (Å²) in [5.41, 5.74) is 1.48. The van der Waals surface area contributed by atoms with Gasteiger partial charge in [-0.3, -0.25) is 9.59 Å². The van der Waals surface area contributed by atoms with Gasteiger partial charge in [0, 0.05) is 42.2 Å². The molecule has 0 unspecified atom stereocenters. The Balaban J connectivity index is 2.40. The fourth-order valence-corrected chi connectivity index (χ4v) is 2.09. The molecule has 0 aliphatic heterocycles. The molecular weight excluding hydrogens is 252 g/mol. The summed E-state index contributed by atoms with van der Waals surface area (Å²) in [6.45, 7) is 0.518. The number of aromatic nitrogens is 1. The molecule has 0 aliphatic carbocycles. The van der Waals surface area contributed by atoms with Crippen molar-refractivity contribution in [3.63, 3.8) is 0 Å². The Morgan fingerprint density at radius 1 is 1.50 bits per heavy atom. The number of rotatable bonds is 4. The first-order valence-corrected chi connectivity index (χ1v) is 5.97. The predicted molar refractivity (Wildman–Crippen MR) is 71.0 cm³/mol. The van der Waals surface area contributed by atoms with Crippen LogP contribution in [0.25, 0.3) is 10.9 Å². The van der Waals surface area contributed by atoms with Crippen LogP contribution in [0.4, 0.5) is 0 Å². The Bertz CT molecular complexity index is 604. The number of amides is 1. The van der Waals surface area contributed by atoms with E-state index in [1.807, 2.05) is 10.6 Å². The van der Waals surface area contributed by atoms with Crippen molar-refractivity contribution >= 4 is 34.7 Å². The molecule has 2 rings (SSSR count). The molecule has 1 aromatic carbocycles. The van der Waals surface area contributed by atoms with Crippen LogP contribution < -0.4 is 5.32 Å². The van der Waals surface area contributed by atoms with Gasteiger partial charge in [-0.05, 0) is 12.1 Å². The molecule has 1 heterocycles. The van der Waals surface area contributed by atoms with Gasteiger partial charge < -0.3 is 9.88 Å². The topological polar surface area (TPSA) is 51.1 Å². The third kappa shape index (κ3) is 2.38. The lowest BCUT2D eigenvalue weighted by atomic mass is 10.2. The van der Waals surface area contributed by atoms with Gasteiger partial charge in [-0.25, -0.2) is 0 Å². The van der Waals surface area contributed by atoms with Crippen LogP contribution in [0.1, 0.15) is 16.8 Å². The number of aldehydes is 1. The van der Waals surface area contributed by atoms with E-state index in [4.69, 9.17) is 11.6 Å². The lowest BCUT2D eigenvalue weighted by molar-refractivity contribution is -0.120. The second-order valence-corrected chi connectivity index (χ2v) is 4.42. The summed E-state index contributed by atoms with van der Waals surface area (Å²) < 4.78 is 1.88. The monoisotopic (exact) mass is 264 g/mol. The molecule has 1 amide bonds. The zero-order valence-corrected chi connectivity index (χ0v) is 10.7. The standard InChI is InChI=1S/C13H13ClN2O2/c1-15-13(18)4-5-16-7-9(8-17)11-3-2-10(14)6-12(11)16/h2-3,6-8H,4-5H2,1H3,(H,15,18). The quantitative estimate of drug-likeness (QED) is 0.861. The largest absolute Gasteiger partial charge is 0.359 e. The average Bonchev–Trinajstić information content (AvgIpc) is 2.73. The van der Waals surface area contributed by atoms with E-state index in [-0.39, 0.29) is 5.91 Å². The fraction of sp³-hybridized carbons (Fsp3) is 0.231. The van der Waals surface area contributed by atoms with Crippen molar-refractivity contribution in [3.8, 4) is 0 Å². The summed E-state index contributed by atoms with van der Waals surface area (Å²) in [4.78, 5) is 22.2. The summed E-state index contributed by atoms with van der Waals surface area (Å²) >= 11 is 5.95. The van der Waals surface area contributed by atoms with Crippen LogP contribution in [0.15, 0.2) is 24.4 Å². The molecule has 94 valence electrons. The number of carbonyl (C=O) groups is 2. The Morgan fingerprint density at radius 2 is 2.28 bits per heavy atom. The molecule has 0 radical (unpaired) electrons. The molecule has 5 heteroatoms. The molecule has 0 spiro atoms. The van der Waals surface area contributed by atoms with Crippen molar-refractivity contribution in [1.29, 1.82) is 0 Å². The zero-order valence-electron chi connectivity index (χ0n) is 9.94. The Kier molecular flexibility index (Phi) is 3.67. The Labute approximate surface area is 110 Å². The van der Waals surface area contributed by atoms with Crippen LogP contribution >= 0.6 is 11.6 Å². The number of carbonyl (C=O) groups excluding carboxylic acids is 2. The van der Waals surface area contributed by atoms with E-state index in [9.17, 15) is 9.59 Å². The van der Waals surface area contributed by atoms with Gasteiger partial charge in [0.2, 0.25) is 5.91 Å². The van der Waals surface area contributed by atoms with Gasteiger partial charge in [0.15, 0.2) is 6.29 Å². The number of nitrogens with one attached hydrogen (secondary N) is 1. The van der Waals surface area contributed by atoms with E-state index in [0.717, 1.165) is 17.2 Å². The number of benzene rings is 1. The maximum absolute atomic E-state index is 11.2.